The van der Waals surface area contributed by atoms with Gasteiger partial charge in [0.1, 0.15) is 0 Å². The number of nitrogens with two attached hydrogens (primary N) is 1. The van der Waals surface area contributed by atoms with Crippen LogP contribution in [0.25, 0.3) is 0 Å². The molecule has 2 aromatic carbocycles. The predicted octanol–water partition coefficient (Wildman–Crippen LogP) is 2.66. The van der Waals surface area contributed by atoms with E-state index < -0.39 is 10.9 Å². The highest BCUT2D eigenvalue weighted by molar-refractivity contribution is 5.94. The zero-order valence-electron chi connectivity index (χ0n) is 11.2. The monoisotopic (exact) mass is 286 g/mol. The molecule has 0 amide bonds. The number of nitro groups is 1. The minimum absolute atomic E-state index is 0.0510. The maximum Gasteiger partial charge on any atom is 0.337 e. The first kappa shape index (κ1) is 14.5. The molecular weight excluding hydrogens is 272 g/mol. The molecule has 0 spiro atoms. The summed E-state index contributed by atoms with van der Waals surface area (Å²) >= 11 is 0. The van der Waals surface area contributed by atoms with Gasteiger partial charge in [-0.25, -0.2) is 4.79 Å². The number of aryl methyl sites for hydroxylation is 2. The summed E-state index contributed by atoms with van der Waals surface area (Å²) in [6, 6.07) is 11.3. The normalized spacial score (nSPS) is 10.3. The average Bonchev–Trinajstić information content (AvgIpc) is 2.46. The highest BCUT2D eigenvalue weighted by Gasteiger charge is 2.14. The summed E-state index contributed by atoms with van der Waals surface area (Å²) in [4.78, 5) is 21.5. The van der Waals surface area contributed by atoms with Gasteiger partial charge in [0.05, 0.1) is 10.5 Å². The van der Waals surface area contributed by atoms with Crippen LogP contribution >= 0.6 is 0 Å². The van der Waals surface area contributed by atoms with Gasteiger partial charge in [-0.15, -0.1) is 0 Å². The van der Waals surface area contributed by atoms with E-state index in [-0.39, 0.29) is 16.9 Å². The summed E-state index contributed by atoms with van der Waals surface area (Å²) < 4.78 is 0. The number of nitrogen functional groups attached to an aromatic ring is 1. The molecular formula is C15H14N2O4. The molecule has 0 unspecified atom stereocenters. The zero-order valence-corrected chi connectivity index (χ0v) is 11.2. The van der Waals surface area contributed by atoms with E-state index in [2.05, 4.69) is 0 Å². The molecule has 6 nitrogen and oxygen atoms in total. The van der Waals surface area contributed by atoms with E-state index in [9.17, 15) is 14.9 Å². The second-order valence-electron chi connectivity index (χ2n) is 4.57. The highest BCUT2D eigenvalue weighted by atomic mass is 16.6. The maximum absolute atomic E-state index is 11.0. The molecule has 0 aliphatic heterocycles. The van der Waals surface area contributed by atoms with Crippen LogP contribution in [-0.2, 0) is 12.8 Å². The molecule has 0 fully saturated rings. The molecule has 0 saturated heterocycles. The third-order valence-corrected chi connectivity index (χ3v) is 3.28. The lowest BCUT2D eigenvalue weighted by atomic mass is 9.99. The van der Waals surface area contributed by atoms with Crippen LogP contribution in [0.1, 0.15) is 21.5 Å². The van der Waals surface area contributed by atoms with Gasteiger partial charge in [0.2, 0.25) is 0 Å². The van der Waals surface area contributed by atoms with Crippen LogP contribution in [0.3, 0.4) is 0 Å². The van der Waals surface area contributed by atoms with Gasteiger partial charge in [0.25, 0.3) is 5.69 Å². The fourth-order valence-electron chi connectivity index (χ4n) is 2.19. The number of benzene rings is 2. The Balaban J connectivity index is 2.23. The molecule has 0 atom stereocenters. The standard InChI is InChI=1S/C15H14N2O4/c16-14-11(5-3-6-12(14)15(18)19)9-8-10-4-1-2-7-13(10)17(20)21/h1-7H,8-9,16H2,(H,18,19). The minimum atomic E-state index is -1.08. The van der Waals surface area contributed by atoms with Gasteiger partial charge in [-0.05, 0) is 24.5 Å². The van der Waals surface area contributed by atoms with Gasteiger partial charge in [0.15, 0.2) is 0 Å². The number of nitro benzene ring substituents is 1. The molecule has 0 heterocycles. The topological polar surface area (TPSA) is 106 Å². The van der Waals surface area contributed by atoms with Crippen LogP contribution in [0.4, 0.5) is 11.4 Å². The number of hydrogen-bond acceptors (Lipinski definition) is 4. The van der Waals surface area contributed by atoms with Gasteiger partial charge < -0.3 is 10.8 Å². The fraction of sp³-hybridized carbons (Fsp3) is 0.133. The molecule has 0 aliphatic carbocycles. The number of hydrogen-bond donors (Lipinski definition) is 2. The van der Waals surface area contributed by atoms with Crippen molar-refractivity contribution in [3.8, 4) is 0 Å². The van der Waals surface area contributed by atoms with E-state index >= 15 is 0 Å². The molecule has 0 aliphatic rings. The van der Waals surface area contributed by atoms with E-state index in [1.165, 1.54) is 12.1 Å². The van der Waals surface area contributed by atoms with Crippen LogP contribution in [0.2, 0.25) is 0 Å². The molecule has 6 heteroatoms. The molecule has 2 rings (SSSR count). The number of carboxylic acids is 1. The lowest BCUT2D eigenvalue weighted by Gasteiger charge is -2.08. The van der Waals surface area contributed by atoms with Crippen molar-refractivity contribution in [3.63, 3.8) is 0 Å². The Morgan fingerprint density at radius 2 is 1.71 bits per heavy atom. The van der Waals surface area contributed by atoms with Crippen LogP contribution in [0.5, 0.6) is 0 Å². The van der Waals surface area contributed by atoms with E-state index in [0.717, 1.165) is 0 Å². The molecule has 21 heavy (non-hydrogen) atoms. The Kier molecular flexibility index (Phi) is 4.18. The van der Waals surface area contributed by atoms with Crippen LogP contribution in [0.15, 0.2) is 42.5 Å². The van der Waals surface area contributed by atoms with Gasteiger partial charge in [-0.1, -0.05) is 30.3 Å². The summed E-state index contributed by atoms with van der Waals surface area (Å²) in [6.45, 7) is 0. The van der Waals surface area contributed by atoms with E-state index in [0.29, 0.717) is 24.0 Å². The lowest BCUT2D eigenvalue weighted by Crippen LogP contribution is -2.06. The van der Waals surface area contributed by atoms with Crippen molar-refractivity contribution < 1.29 is 14.8 Å². The second kappa shape index (κ2) is 6.04. The van der Waals surface area contributed by atoms with Crippen LogP contribution in [0, 0.1) is 10.1 Å². The lowest BCUT2D eigenvalue weighted by molar-refractivity contribution is -0.385. The Morgan fingerprint density at radius 3 is 2.38 bits per heavy atom. The number of carboxylic acid groups (broad SMARTS) is 1. The predicted molar refractivity (Wildman–Crippen MR) is 78.3 cm³/mol. The quantitative estimate of drug-likeness (QED) is 0.499. The Hall–Kier alpha value is -2.89. The number of carbonyl (C=O) groups is 1. The zero-order chi connectivity index (χ0) is 15.4. The van der Waals surface area contributed by atoms with Crippen molar-refractivity contribution in [2.24, 2.45) is 0 Å². The molecule has 3 N–H and O–H groups in total. The van der Waals surface area contributed by atoms with Crippen LogP contribution in [-0.4, -0.2) is 16.0 Å². The number of nitrogens with zero attached hydrogens (tertiary/aromatic N) is 1. The van der Waals surface area contributed by atoms with Crippen molar-refractivity contribution in [1.82, 2.24) is 0 Å². The smallest absolute Gasteiger partial charge is 0.337 e. The summed E-state index contributed by atoms with van der Waals surface area (Å²) in [5.74, 6) is -1.08. The first-order chi connectivity index (χ1) is 10.0. The number of para-hydroxylation sites is 2. The summed E-state index contributed by atoms with van der Waals surface area (Å²) in [6.07, 6.45) is 0.863. The third kappa shape index (κ3) is 3.17. The summed E-state index contributed by atoms with van der Waals surface area (Å²) in [5, 5.41) is 20.0. The van der Waals surface area contributed by atoms with Crippen molar-refractivity contribution in [2.75, 3.05) is 5.73 Å². The third-order valence-electron chi connectivity index (χ3n) is 3.28. The van der Waals surface area contributed by atoms with E-state index in [1.54, 1.807) is 30.3 Å². The molecule has 0 bridgehead atoms. The van der Waals surface area contributed by atoms with Crippen molar-refractivity contribution in [1.29, 1.82) is 0 Å². The SMILES string of the molecule is Nc1c(CCc2ccccc2[N+](=O)[O-])cccc1C(=O)O. The highest BCUT2D eigenvalue weighted by Crippen LogP contribution is 2.23. The van der Waals surface area contributed by atoms with Crippen LogP contribution < -0.4 is 5.73 Å². The molecule has 0 radical (unpaired) electrons. The largest absolute Gasteiger partial charge is 0.478 e. The summed E-state index contributed by atoms with van der Waals surface area (Å²) in [7, 11) is 0. The fourth-order valence-corrected chi connectivity index (χ4v) is 2.19. The van der Waals surface area contributed by atoms with E-state index in [4.69, 9.17) is 10.8 Å². The molecule has 0 aromatic heterocycles. The first-order valence-electron chi connectivity index (χ1n) is 6.33. The molecule has 0 saturated carbocycles. The van der Waals surface area contributed by atoms with Crippen molar-refractivity contribution in [2.45, 2.75) is 12.8 Å². The molecule has 2 aromatic rings. The number of rotatable bonds is 5. The summed E-state index contributed by atoms with van der Waals surface area (Å²) in [5.41, 5.74) is 7.43. The second-order valence-corrected chi connectivity index (χ2v) is 4.57. The van der Waals surface area contributed by atoms with Gasteiger partial charge in [-0.2, -0.15) is 0 Å². The first-order valence-corrected chi connectivity index (χ1v) is 6.33. The van der Waals surface area contributed by atoms with Crippen molar-refractivity contribution in [3.05, 3.63) is 69.3 Å². The maximum atomic E-state index is 11.0. The molecule has 108 valence electrons. The average molecular weight is 286 g/mol. The van der Waals surface area contributed by atoms with Crippen molar-refractivity contribution >= 4 is 17.3 Å². The van der Waals surface area contributed by atoms with Gasteiger partial charge in [-0.3, -0.25) is 10.1 Å². The Labute approximate surface area is 121 Å². The number of anilines is 1. The minimum Gasteiger partial charge on any atom is -0.478 e. The Morgan fingerprint density at radius 1 is 1.10 bits per heavy atom. The number of aromatic carboxylic acids is 1. The van der Waals surface area contributed by atoms with E-state index in [1.807, 2.05) is 0 Å². The van der Waals surface area contributed by atoms with Gasteiger partial charge >= 0.3 is 5.97 Å². The van der Waals surface area contributed by atoms with Gasteiger partial charge in [0, 0.05) is 17.3 Å². The Bertz CT molecular complexity index is 698.